The molecule has 1 fully saturated rings. The van der Waals surface area contributed by atoms with Gasteiger partial charge in [0.1, 0.15) is 5.78 Å². The molecule has 0 N–H and O–H groups in total. The van der Waals surface area contributed by atoms with Crippen LogP contribution in [-0.4, -0.2) is 19.0 Å². The lowest BCUT2D eigenvalue weighted by molar-refractivity contribution is -0.119. The van der Waals surface area contributed by atoms with Crippen LogP contribution < -0.4 is 0 Å². The van der Waals surface area contributed by atoms with Gasteiger partial charge in [0.25, 0.3) is 0 Å². The average molecular weight is 126 g/mol. The van der Waals surface area contributed by atoms with Gasteiger partial charge in [0, 0.05) is 0 Å². The molecule has 0 bridgehead atoms. The van der Waals surface area contributed by atoms with E-state index >= 15 is 0 Å². The van der Waals surface area contributed by atoms with Crippen LogP contribution in [0.15, 0.2) is 12.2 Å². The Morgan fingerprint density at radius 2 is 2.56 bits per heavy atom. The smallest absolute Gasteiger partial charge is 0.139 e. The van der Waals surface area contributed by atoms with Gasteiger partial charge in [-0.15, -0.1) is 0 Å². The molecule has 1 saturated heterocycles. The van der Waals surface area contributed by atoms with Crippen LogP contribution in [0.2, 0.25) is 0 Å². The van der Waals surface area contributed by atoms with E-state index in [1.165, 1.54) is 0 Å². The zero-order valence-electron chi connectivity index (χ0n) is 5.52. The summed E-state index contributed by atoms with van der Waals surface area (Å²) in [5.41, 5.74) is 0.919. The second kappa shape index (κ2) is 2.31. The summed E-state index contributed by atoms with van der Waals surface area (Å²) in [5.74, 6) is 0.141. The fourth-order valence-corrected chi connectivity index (χ4v) is 0.931. The van der Waals surface area contributed by atoms with E-state index in [9.17, 15) is 4.79 Å². The molecule has 0 aromatic heterocycles. The molecule has 0 aromatic rings. The minimum Gasteiger partial charge on any atom is -0.376 e. The van der Waals surface area contributed by atoms with E-state index in [0.717, 1.165) is 5.57 Å². The van der Waals surface area contributed by atoms with Gasteiger partial charge in [-0.2, -0.15) is 0 Å². The molecule has 0 aliphatic carbocycles. The molecule has 1 aliphatic heterocycles. The molecule has 2 nitrogen and oxygen atoms in total. The maximum atomic E-state index is 10.7. The molecule has 50 valence electrons. The molecule has 1 unspecified atom stereocenters. The SMILES string of the molecule is C=C1COCC1C(C)=O. The second-order valence-electron chi connectivity index (χ2n) is 2.34. The number of rotatable bonds is 1. The lowest BCUT2D eigenvalue weighted by Gasteiger charge is -2.00. The molecule has 0 radical (unpaired) electrons. The Bertz CT molecular complexity index is 149. The predicted molar refractivity (Wildman–Crippen MR) is 34.1 cm³/mol. The van der Waals surface area contributed by atoms with Crippen molar-refractivity contribution in [2.75, 3.05) is 13.2 Å². The third-order valence-electron chi connectivity index (χ3n) is 1.56. The second-order valence-corrected chi connectivity index (χ2v) is 2.34. The Labute approximate surface area is 54.5 Å². The maximum Gasteiger partial charge on any atom is 0.139 e. The van der Waals surface area contributed by atoms with Crippen molar-refractivity contribution in [3.63, 3.8) is 0 Å². The highest BCUT2D eigenvalue weighted by Crippen LogP contribution is 2.17. The summed E-state index contributed by atoms with van der Waals surface area (Å²) in [6, 6.07) is 0. The Morgan fingerprint density at radius 3 is 2.78 bits per heavy atom. The molecule has 9 heavy (non-hydrogen) atoms. The first kappa shape index (κ1) is 6.49. The van der Waals surface area contributed by atoms with E-state index in [0.29, 0.717) is 13.2 Å². The van der Waals surface area contributed by atoms with E-state index in [-0.39, 0.29) is 11.7 Å². The summed E-state index contributed by atoms with van der Waals surface area (Å²) in [4.78, 5) is 10.7. The number of ketones is 1. The third kappa shape index (κ3) is 1.19. The highest BCUT2D eigenvalue weighted by Gasteiger charge is 2.23. The van der Waals surface area contributed by atoms with E-state index in [2.05, 4.69) is 6.58 Å². The van der Waals surface area contributed by atoms with Gasteiger partial charge in [0.2, 0.25) is 0 Å². The number of carbonyl (C=O) groups is 1. The van der Waals surface area contributed by atoms with Gasteiger partial charge in [0.05, 0.1) is 19.1 Å². The van der Waals surface area contributed by atoms with E-state index in [1.807, 2.05) is 0 Å². The molecule has 2 heteroatoms. The molecule has 0 spiro atoms. The largest absolute Gasteiger partial charge is 0.376 e. The van der Waals surface area contributed by atoms with Crippen LogP contribution in [0.1, 0.15) is 6.92 Å². The number of Topliss-reactive ketones (excluding diaryl/α,β-unsaturated/α-hetero) is 1. The first-order valence-electron chi connectivity index (χ1n) is 2.97. The number of ether oxygens (including phenoxy) is 1. The average Bonchev–Trinajstić information content (AvgIpc) is 2.13. The van der Waals surface area contributed by atoms with E-state index < -0.39 is 0 Å². The summed E-state index contributed by atoms with van der Waals surface area (Å²) in [7, 11) is 0. The molecule has 0 saturated carbocycles. The van der Waals surface area contributed by atoms with Crippen LogP contribution in [0.4, 0.5) is 0 Å². The predicted octanol–water partition coefficient (Wildman–Crippen LogP) is 0.778. The fourth-order valence-electron chi connectivity index (χ4n) is 0.931. The summed E-state index contributed by atoms with van der Waals surface area (Å²) in [5, 5.41) is 0. The highest BCUT2D eigenvalue weighted by atomic mass is 16.5. The van der Waals surface area contributed by atoms with Gasteiger partial charge in [-0.1, -0.05) is 6.58 Å². The third-order valence-corrected chi connectivity index (χ3v) is 1.56. The number of hydrogen-bond donors (Lipinski definition) is 0. The summed E-state index contributed by atoms with van der Waals surface area (Å²) < 4.78 is 5.01. The number of carbonyl (C=O) groups excluding carboxylic acids is 1. The van der Waals surface area contributed by atoms with Crippen LogP contribution in [0.3, 0.4) is 0 Å². The standard InChI is InChI=1S/C7H10O2/c1-5-3-9-4-7(5)6(2)8/h7H,1,3-4H2,2H3. The normalized spacial score (nSPS) is 26.8. The molecular weight excluding hydrogens is 116 g/mol. The Hall–Kier alpha value is -0.630. The van der Waals surface area contributed by atoms with Crippen LogP contribution >= 0.6 is 0 Å². The summed E-state index contributed by atoms with van der Waals surface area (Å²) in [6.45, 7) is 6.38. The Balaban J connectivity index is 2.60. The molecule has 0 amide bonds. The molecule has 1 atom stereocenters. The topological polar surface area (TPSA) is 26.3 Å². The van der Waals surface area contributed by atoms with Gasteiger partial charge in [0.15, 0.2) is 0 Å². The zero-order chi connectivity index (χ0) is 6.85. The first-order chi connectivity index (χ1) is 4.22. The van der Waals surface area contributed by atoms with Gasteiger partial charge in [-0.05, 0) is 12.5 Å². The van der Waals surface area contributed by atoms with Crippen LogP contribution in [0.5, 0.6) is 0 Å². The Kier molecular flexibility index (Phi) is 1.67. The van der Waals surface area contributed by atoms with Crippen LogP contribution in [0.25, 0.3) is 0 Å². The van der Waals surface area contributed by atoms with Crippen molar-refractivity contribution in [3.8, 4) is 0 Å². The van der Waals surface area contributed by atoms with Crippen molar-refractivity contribution in [3.05, 3.63) is 12.2 Å². The molecular formula is C7H10O2. The highest BCUT2D eigenvalue weighted by molar-refractivity contribution is 5.81. The van der Waals surface area contributed by atoms with Crippen molar-refractivity contribution >= 4 is 5.78 Å². The van der Waals surface area contributed by atoms with Gasteiger partial charge in [-0.3, -0.25) is 4.79 Å². The van der Waals surface area contributed by atoms with Gasteiger partial charge in [-0.25, -0.2) is 0 Å². The number of hydrogen-bond acceptors (Lipinski definition) is 2. The fraction of sp³-hybridized carbons (Fsp3) is 0.571. The van der Waals surface area contributed by atoms with Crippen molar-refractivity contribution in [1.82, 2.24) is 0 Å². The molecule has 1 heterocycles. The van der Waals surface area contributed by atoms with Crippen molar-refractivity contribution < 1.29 is 9.53 Å². The minimum atomic E-state index is -0.0231. The first-order valence-corrected chi connectivity index (χ1v) is 2.97. The lowest BCUT2D eigenvalue weighted by atomic mass is 10.0. The summed E-state index contributed by atoms with van der Waals surface area (Å²) >= 11 is 0. The summed E-state index contributed by atoms with van der Waals surface area (Å²) in [6.07, 6.45) is 0. The van der Waals surface area contributed by atoms with Crippen molar-refractivity contribution in [1.29, 1.82) is 0 Å². The molecule has 0 aromatic carbocycles. The van der Waals surface area contributed by atoms with Crippen molar-refractivity contribution in [2.24, 2.45) is 5.92 Å². The van der Waals surface area contributed by atoms with Crippen LogP contribution in [0, 0.1) is 5.92 Å². The van der Waals surface area contributed by atoms with E-state index in [1.54, 1.807) is 6.92 Å². The van der Waals surface area contributed by atoms with Crippen molar-refractivity contribution in [2.45, 2.75) is 6.92 Å². The lowest BCUT2D eigenvalue weighted by Crippen LogP contribution is -2.11. The molecule has 1 rings (SSSR count). The van der Waals surface area contributed by atoms with E-state index in [4.69, 9.17) is 4.74 Å². The molecule has 1 aliphatic rings. The maximum absolute atomic E-state index is 10.7. The van der Waals surface area contributed by atoms with Gasteiger partial charge < -0.3 is 4.74 Å². The minimum absolute atomic E-state index is 0.0231. The van der Waals surface area contributed by atoms with Crippen LogP contribution in [-0.2, 0) is 9.53 Å². The van der Waals surface area contributed by atoms with Gasteiger partial charge >= 0.3 is 0 Å². The zero-order valence-corrected chi connectivity index (χ0v) is 5.52. The monoisotopic (exact) mass is 126 g/mol. The Morgan fingerprint density at radius 1 is 1.89 bits per heavy atom. The quantitative estimate of drug-likeness (QED) is 0.485.